The van der Waals surface area contributed by atoms with Gasteiger partial charge in [0.05, 0.1) is 0 Å². The summed E-state index contributed by atoms with van der Waals surface area (Å²) in [5.41, 5.74) is 8.88. The fourth-order valence-electron chi connectivity index (χ4n) is 5.40. The van der Waals surface area contributed by atoms with Crippen LogP contribution in [-0.4, -0.2) is 6.54 Å². The molecular formula is C36H31NS. The van der Waals surface area contributed by atoms with Crippen LogP contribution in [0.1, 0.15) is 34.4 Å². The van der Waals surface area contributed by atoms with E-state index in [4.69, 9.17) is 0 Å². The fraction of sp³-hybridized carbons (Fsp3) is 0.111. The Hall–Kier alpha value is -4.14. The zero-order valence-electron chi connectivity index (χ0n) is 21.8. The van der Waals surface area contributed by atoms with Gasteiger partial charge in [-0.3, -0.25) is 0 Å². The van der Waals surface area contributed by atoms with Crippen molar-refractivity contribution in [2.45, 2.75) is 19.8 Å². The monoisotopic (exact) mass is 509 g/mol. The third-order valence-electron chi connectivity index (χ3n) is 7.26. The Morgan fingerprint density at radius 3 is 1.84 bits per heavy atom. The largest absolute Gasteiger partial charge is 0.385 e. The molecule has 0 fully saturated rings. The molecule has 1 aromatic heterocycles. The van der Waals surface area contributed by atoms with Crippen molar-refractivity contribution in [1.82, 2.24) is 0 Å². The molecule has 0 amide bonds. The Balaban J connectivity index is 1.39. The number of aryl methyl sites for hydroxylation is 1. The van der Waals surface area contributed by atoms with Gasteiger partial charge in [0.25, 0.3) is 0 Å². The van der Waals surface area contributed by atoms with Crippen molar-refractivity contribution in [1.29, 1.82) is 0 Å². The molecule has 2 heteroatoms. The lowest BCUT2D eigenvalue weighted by Gasteiger charge is -2.22. The lowest BCUT2D eigenvalue weighted by atomic mass is 9.82. The summed E-state index contributed by atoms with van der Waals surface area (Å²) in [6, 6.07) is 46.7. The molecule has 0 aliphatic heterocycles. The predicted octanol–water partition coefficient (Wildman–Crippen LogP) is 10.2. The Kier molecular flexibility index (Phi) is 6.81. The van der Waals surface area contributed by atoms with Gasteiger partial charge in [-0.2, -0.15) is 0 Å². The highest BCUT2D eigenvalue weighted by atomic mass is 32.1. The van der Waals surface area contributed by atoms with Crippen molar-refractivity contribution in [3.63, 3.8) is 0 Å². The average Bonchev–Trinajstić information content (AvgIpc) is 3.42. The first-order valence-corrected chi connectivity index (χ1v) is 14.1. The van der Waals surface area contributed by atoms with Crippen molar-refractivity contribution in [3.8, 4) is 21.6 Å². The molecular weight excluding hydrogens is 478 g/mol. The maximum atomic E-state index is 3.54. The van der Waals surface area contributed by atoms with E-state index in [2.05, 4.69) is 147 Å². The minimum Gasteiger partial charge on any atom is -0.385 e. The Bertz CT molecular complexity index is 1660. The summed E-state index contributed by atoms with van der Waals surface area (Å²) >= 11 is 1.84. The third kappa shape index (κ3) is 4.76. The van der Waals surface area contributed by atoms with Gasteiger partial charge in [0.15, 0.2) is 0 Å². The predicted molar refractivity (Wildman–Crippen MR) is 165 cm³/mol. The average molecular weight is 510 g/mol. The van der Waals surface area contributed by atoms with Crippen molar-refractivity contribution < 1.29 is 0 Å². The molecule has 6 aromatic rings. The summed E-state index contributed by atoms with van der Waals surface area (Å²) in [5, 5.41) is 6.10. The molecule has 0 saturated heterocycles. The molecule has 1 nitrogen and oxygen atoms in total. The zero-order valence-corrected chi connectivity index (χ0v) is 22.6. The number of rotatable bonds is 7. The lowest BCUT2D eigenvalue weighted by molar-refractivity contribution is 0.989. The van der Waals surface area contributed by atoms with Crippen LogP contribution in [0.4, 0.5) is 5.69 Å². The Morgan fingerprint density at radius 1 is 0.579 bits per heavy atom. The van der Waals surface area contributed by atoms with Crippen LogP contribution >= 0.6 is 11.3 Å². The van der Waals surface area contributed by atoms with Crippen LogP contribution in [0.5, 0.6) is 0 Å². The molecule has 5 aromatic carbocycles. The van der Waals surface area contributed by atoms with E-state index in [1.165, 1.54) is 59.6 Å². The number of hydrogen-bond donors (Lipinski definition) is 1. The lowest BCUT2D eigenvalue weighted by Crippen LogP contribution is -2.05. The zero-order chi connectivity index (χ0) is 25.9. The Labute approximate surface area is 229 Å². The van der Waals surface area contributed by atoms with Crippen LogP contribution in [0.15, 0.2) is 127 Å². The van der Waals surface area contributed by atoms with Gasteiger partial charge in [-0.05, 0) is 70.8 Å². The second kappa shape index (κ2) is 10.7. The van der Waals surface area contributed by atoms with Gasteiger partial charge in [0.1, 0.15) is 0 Å². The normalized spacial score (nSPS) is 11.9. The van der Waals surface area contributed by atoms with Gasteiger partial charge in [-0.1, -0.05) is 109 Å². The summed E-state index contributed by atoms with van der Waals surface area (Å²) < 4.78 is 0. The minimum absolute atomic E-state index is 0.148. The van der Waals surface area contributed by atoms with E-state index in [1.54, 1.807) is 0 Å². The van der Waals surface area contributed by atoms with E-state index in [9.17, 15) is 0 Å². The van der Waals surface area contributed by atoms with E-state index in [0.29, 0.717) is 0 Å². The third-order valence-corrected chi connectivity index (χ3v) is 8.31. The van der Waals surface area contributed by atoms with Crippen LogP contribution in [0.2, 0.25) is 0 Å². The molecule has 0 radical (unpaired) electrons. The van der Waals surface area contributed by atoms with Crippen molar-refractivity contribution >= 4 is 27.8 Å². The molecule has 0 aliphatic carbocycles. The van der Waals surface area contributed by atoms with Crippen LogP contribution in [-0.2, 0) is 0 Å². The molecule has 1 atom stereocenters. The summed E-state index contributed by atoms with van der Waals surface area (Å²) in [4.78, 5) is 2.67. The number of thiophene rings is 1. The first kappa shape index (κ1) is 24.2. The van der Waals surface area contributed by atoms with Crippen molar-refractivity contribution in [2.24, 2.45) is 0 Å². The number of nitrogens with one attached hydrogen (secondary N) is 1. The molecule has 1 N–H and O–H groups in total. The molecule has 38 heavy (non-hydrogen) atoms. The number of anilines is 1. The van der Waals surface area contributed by atoms with Crippen molar-refractivity contribution in [3.05, 3.63) is 149 Å². The fourth-order valence-corrected chi connectivity index (χ4v) is 6.27. The van der Waals surface area contributed by atoms with E-state index in [0.717, 1.165) is 6.54 Å². The SMILES string of the molecule is CCNc1ccc(C(c2ccccc2)c2ccc(-c3ccc(-c4ccc(C)s4)cc3)cc2)c2ccccc12. The maximum Gasteiger partial charge on any atom is 0.0419 e. The van der Waals surface area contributed by atoms with E-state index in [-0.39, 0.29) is 5.92 Å². The summed E-state index contributed by atoms with van der Waals surface area (Å²) in [5.74, 6) is 0.148. The van der Waals surface area contributed by atoms with Gasteiger partial charge in [-0.15, -0.1) is 11.3 Å². The first-order chi connectivity index (χ1) is 18.7. The highest BCUT2D eigenvalue weighted by molar-refractivity contribution is 7.15. The number of fused-ring (bicyclic) bond motifs is 1. The van der Waals surface area contributed by atoms with E-state index in [1.807, 2.05) is 11.3 Å². The van der Waals surface area contributed by atoms with E-state index >= 15 is 0 Å². The standard InChI is InChI=1S/C36H31NS/c1-3-37-34-23-22-33(31-11-7-8-12-32(31)34)36(29-9-5-4-6-10-29)30-20-16-27(17-21-30)26-14-18-28(19-15-26)35-24-13-25(2)38-35/h4-24,36-37H,3H2,1-2H3. The Morgan fingerprint density at radius 2 is 1.18 bits per heavy atom. The number of hydrogen-bond acceptors (Lipinski definition) is 2. The molecule has 0 bridgehead atoms. The van der Waals surface area contributed by atoms with Gasteiger partial charge < -0.3 is 5.32 Å². The smallest absolute Gasteiger partial charge is 0.0419 e. The van der Waals surface area contributed by atoms with Gasteiger partial charge in [0.2, 0.25) is 0 Å². The molecule has 0 aliphatic rings. The van der Waals surface area contributed by atoms with Crippen molar-refractivity contribution in [2.75, 3.05) is 11.9 Å². The number of benzene rings is 5. The first-order valence-electron chi connectivity index (χ1n) is 13.3. The van der Waals surface area contributed by atoms with Gasteiger partial charge >= 0.3 is 0 Å². The molecule has 1 unspecified atom stereocenters. The quantitative estimate of drug-likeness (QED) is 0.211. The topological polar surface area (TPSA) is 12.0 Å². The molecule has 186 valence electrons. The van der Waals surface area contributed by atoms with Crippen LogP contribution in [0, 0.1) is 6.92 Å². The van der Waals surface area contributed by atoms with Gasteiger partial charge in [0, 0.05) is 33.3 Å². The summed E-state index contributed by atoms with van der Waals surface area (Å²) in [6.07, 6.45) is 0. The second-order valence-electron chi connectivity index (χ2n) is 9.73. The summed E-state index contributed by atoms with van der Waals surface area (Å²) in [6.45, 7) is 5.21. The second-order valence-corrected chi connectivity index (χ2v) is 11.0. The highest BCUT2D eigenvalue weighted by Crippen LogP contribution is 2.39. The highest BCUT2D eigenvalue weighted by Gasteiger charge is 2.20. The molecule has 6 rings (SSSR count). The molecule has 1 heterocycles. The van der Waals surface area contributed by atoms with Gasteiger partial charge in [-0.25, -0.2) is 0 Å². The minimum atomic E-state index is 0.148. The van der Waals surface area contributed by atoms with E-state index < -0.39 is 0 Å². The molecule has 0 spiro atoms. The van der Waals surface area contributed by atoms with Crippen LogP contribution in [0.3, 0.4) is 0 Å². The maximum absolute atomic E-state index is 3.54. The van der Waals surface area contributed by atoms with Crippen LogP contribution < -0.4 is 5.32 Å². The molecule has 0 saturated carbocycles. The summed E-state index contributed by atoms with van der Waals surface area (Å²) in [7, 11) is 0. The van der Waals surface area contributed by atoms with Crippen LogP contribution in [0.25, 0.3) is 32.3 Å².